The van der Waals surface area contributed by atoms with Crippen molar-refractivity contribution in [1.29, 1.82) is 0 Å². The number of nitrogens with zero attached hydrogens (tertiary/aromatic N) is 1. The fraction of sp³-hybridized carbons (Fsp3) is 0.318. The summed E-state index contributed by atoms with van der Waals surface area (Å²) >= 11 is 1.38. The van der Waals surface area contributed by atoms with Crippen molar-refractivity contribution in [1.82, 2.24) is 4.98 Å². The molecule has 0 bridgehead atoms. The molecule has 0 unspecified atom stereocenters. The van der Waals surface area contributed by atoms with E-state index in [0.717, 1.165) is 23.3 Å². The Bertz CT molecular complexity index is 824. The summed E-state index contributed by atoms with van der Waals surface area (Å²) in [6, 6.07) is 15.7. The summed E-state index contributed by atoms with van der Waals surface area (Å²) < 4.78 is 19.5. The largest absolute Gasteiger partial charge is 0.497 e. The number of thiazole rings is 1. The number of hydrogen-bond acceptors (Lipinski definition) is 3. The van der Waals surface area contributed by atoms with Crippen LogP contribution in [-0.2, 0) is 6.42 Å². The molecule has 4 heteroatoms. The molecular weight excluding hydrogens is 345 g/mol. The normalized spacial score (nSPS) is 10.9. The molecule has 0 saturated carbocycles. The Morgan fingerprint density at radius 2 is 1.62 bits per heavy atom. The second kappa shape index (κ2) is 8.95. The van der Waals surface area contributed by atoms with Gasteiger partial charge in [-0.15, -0.1) is 11.3 Å². The van der Waals surface area contributed by atoms with Gasteiger partial charge in [0.1, 0.15) is 10.8 Å². The maximum Gasteiger partial charge on any atom is 0.232 e. The van der Waals surface area contributed by atoms with Gasteiger partial charge in [0, 0.05) is 5.56 Å². The standard InChI is InChI=1S/C22H24FNOS/c1-3-4-5-6-7-16-8-10-18(11-9-16)22-24-21(23)20(26-22)17-12-14-19(25-2)15-13-17/h8-15H,3-7H2,1-2H3. The summed E-state index contributed by atoms with van der Waals surface area (Å²) in [6.45, 7) is 2.22. The first-order valence-corrected chi connectivity index (χ1v) is 9.93. The van der Waals surface area contributed by atoms with E-state index in [1.807, 2.05) is 36.4 Å². The van der Waals surface area contributed by atoms with Gasteiger partial charge in [-0.2, -0.15) is 4.39 Å². The molecule has 0 saturated heterocycles. The highest BCUT2D eigenvalue weighted by molar-refractivity contribution is 7.18. The van der Waals surface area contributed by atoms with Crippen LogP contribution in [-0.4, -0.2) is 12.1 Å². The number of aryl methyl sites for hydroxylation is 1. The van der Waals surface area contributed by atoms with Crippen LogP contribution in [0.15, 0.2) is 48.5 Å². The number of aromatic nitrogens is 1. The fourth-order valence-electron chi connectivity index (χ4n) is 2.92. The van der Waals surface area contributed by atoms with Gasteiger partial charge in [0.15, 0.2) is 0 Å². The molecule has 1 aromatic heterocycles. The Labute approximate surface area is 158 Å². The van der Waals surface area contributed by atoms with Gasteiger partial charge in [0.2, 0.25) is 5.95 Å². The van der Waals surface area contributed by atoms with Gasteiger partial charge in [-0.25, -0.2) is 4.98 Å². The quantitative estimate of drug-likeness (QED) is 0.410. The lowest BCUT2D eigenvalue weighted by atomic mass is 10.0. The topological polar surface area (TPSA) is 22.1 Å². The summed E-state index contributed by atoms with van der Waals surface area (Å²) in [5.41, 5.74) is 3.11. The van der Waals surface area contributed by atoms with Crippen LogP contribution in [0.25, 0.3) is 21.0 Å². The molecule has 0 aliphatic carbocycles. The molecular formula is C22H24FNOS. The number of rotatable bonds is 8. The number of hydrogen-bond donors (Lipinski definition) is 0. The molecule has 2 nitrogen and oxygen atoms in total. The lowest BCUT2D eigenvalue weighted by molar-refractivity contribution is 0.415. The van der Waals surface area contributed by atoms with Gasteiger partial charge in [0.25, 0.3) is 0 Å². The number of methoxy groups -OCH3 is 1. The van der Waals surface area contributed by atoms with Crippen molar-refractivity contribution >= 4 is 11.3 Å². The number of benzene rings is 2. The molecule has 26 heavy (non-hydrogen) atoms. The van der Waals surface area contributed by atoms with Crippen molar-refractivity contribution in [2.24, 2.45) is 0 Å². The molecule has 0 radical (unpaired) electrons. The molecule has 136 valence electrons. The van der Waals surface area contributed by atoms with E-state index in [1.165, 1.54) is 42.6 Å². The van der Waals surface area contributed by atoms with E-state index in [2.05, 4.69) is 24.0 Å². The molecule has 0 atom stereocenters. The van der Waals surface area contributed by atoms with E-state index in [0.29, 0.717) is 9.88 Å². The Kier molecular flexibility index (Phi) is 6.40. The van der Waals surface area contributed by atoms with Crippen LogP contribution >= 0.6 is 11.3 Å². The zero-order valence-electron chi connectivity index (χ0n) is 15.3. The second-order valence-electron chi connectivity index (χ2n) is 6.38. The van der Waals surface area contributed by atoms with Gasteiger partial charge in [-0.05, 0) is 48.2 Å². The van der Waals surface area contributed by atoms with Crippen molar-refractivity contribution in [2.45, 2.75) is 39.0 Å². The smallest absolute Gasteiger partial charge is 0.232 e. The predicted octanol–water partition coefficient (Wildman–Crippen LogP) is 6.75. The van der Waals surface area contributed by atoms with Gasteiger partial charge >= 0.3 is 0 Å². The summed E-state index contributed by atoms with van der Waals surface area (Å²) in [7, 11) is 1.62. The highest BCUT2D eigenvalue weighted by Gasteiger charge is 2.14. The van der Waals surface area contributed by atoms with Crippen LogP contribution < -0.4 is 4.74 Å². The van der Waals surface area contributed by atoms with E-state index in [9.17, 15) is 4.39 Å². The van der Waals surface area contributed by atoms with Gasteiger partial charge in [-0.3, -0.25) is 0 Å². The van der Waals surface area contributed by atoms with Gasteiger partial charge in [0.05, 0.1) is 12.0 Å². The molecule has 2 aromatic carbocycles. The molecule has 3 rings (SSSR count). The minimum atomic E-state index is -0.418. The Morgan fingerprint density at radius 1 is 0.923 bits per heavy atom. The van der Waals surface area contributed by atoms with Crippen molar-refractivity contribution in [2.75, 3.05) is 7.11 Å². The van der Waals surface area contributed by atoms with Gasteiger partial charge in [-0.1, -0.05) is 50.5 Å². The molecule has 0 aliphatic rings. The Morgan fingerprint density at radius 3 is 2.27 bits per heavy atom. The SMILES string of the molecule is CCCCCCc1ccc(-c2nc(F)c(-c3ccc(OC)cc3)s2)cc1. The van der Waals surface area contributed by atoms with Crippen LogP contribution in [0.3, 0.4) is 0 Å². The van der Waals surface area contributed by atoms with Crippen LogP contribution in [0.2, 0.25) is 0 Å². The van der Waals surface area contributed by atoms with Crippen LogP contribution in [0.5, 0.6) is 5.75 Å². The van der Waals surface area contributed by atoms with E-state index in [1.54, 1.807) is 7.11 Å². The van der Waals surface area contributed by atoms with E-state index >= 15 is 0 Å². The van der Waals surface area contributed by atoms with E-state index in [4.69, 9.17) is 4.74 Å². The number of ether oxygens (including phenoxy) is 1. The number of unbranched alkanes of at least 4 members (excludes halogenated alkanes) is 3. The molecule has 0 aliphatic heterocycles. The monoisotopic (exact) mass is 369 g/mol. The first-order valence-electron chi connectivity index (χ1n) is 9.11. The third kappa shape index (κ3) is 4.50. The Balaban J connectivity index is 1.73. The van der Waals surface area contributed by atoms with Crippen molar-refractivity contribution in [3.63, 3.8) is 0 Å². The first kappa shape index (κ1) is 18.6. The average molecular weight is 370 g/mol. The zero-order chi connectivity index (χ0) is 18.4. The van der Waals surface area contributed by atoms with Crippen LogP contribution in [0.4, 0.5) is 4.39 Å². The highest BCUT2D eigenvalue weighted by Crippen LogP contribution is 2.35. The van der Waals surface area contributed by atoms with E-state index in [-0.39, 0.29) is 0 Å². The van der Waals surface area contributed by atoms with E-state index < -0.39 is 5.95 Å². The minimum Gasteiger partial charge on any atom is -0.497 e. The molecule has 1 heterocycles. The summed E-state index contributed by atoms with van der Waals surface area (Å²) in [6.07, 6.45) is 6.15. The van der Waals surface area contributed by atoms with Crippen molar-refractivity contribution in [3.05, 3.63) is 60.0 Å². The first-order chi connectivity index (χ1) is 12.7. The lowest BCUT2D eigenvalue weighted by Crippen LogP contribution is -1.86. The van der Waals surface area contributed by atoms with Crippen LogP contribution in [0.1, 0.15) is 38.2 Å². The zero-order valence-corrected chi connectivity index (χ0v) is 16.1. The van der Waals surface area contributed by atoms with Crippen molar-refractivity contribution < 1.29 is 9.13 Å². The Hall–Kier alpha value is -2.20. The number of halogens is 1. The molecule has 0 amide bonds. The average Bonchev–Trinajstić information content (AvgIpc) is 3.07. The highest BCUT2D eigenvalue weighted by atomic mass is 32.1. The predicted molar refractivity (Wildman–Crippen MR) is 107 cm³/mol. The fourth-order valence-corrected chi connectivity index (χ4v) is 3.87. The van der Waals surface area contributed by atoms with Crippen molar-refractivity contribution in [3.8, 4) is 26.8 Å². The lowest BCUT2D eigenvalue weighted by Gasteiger charge is -2.02. The minimum absolute atomic E-state index is 0.418. The second-order valence-corrected chi connectivity index (χ2v) is 7.37. The summed E-state index contributed by atoms with van der Waals surface area (Å²) in [5, 5.41) is 0.714. The molecule has 3 aromatic rings. The molecule has 0 spiro atoms. The third-order valence-corrected chi connectivity index (χ3v) is 5.59. The molecule has 0 N–H and O–H groups in total. The third-order valence-electron chi connectivity index (χ3n) is 4.46. The molecule has 0 fully saturated rings. The van der Waals surface area contributed by atoms with Crippen LogP contribution in [0, 0.1) is 5.95 Å². The summed E-state index contributed by atoms with van der Waals surface area (Å²) in [5.74, 6) is 0.340. The maximum absolute atomic E-state index is 14.4. The summed E-state index contributed by atoms with van der Waals surface area (Å²) in [4.78, 5) is 4.70. The van der Waals surface area contributed by atoms with Gasteiger partial charge < -0.3 is 4.74 Å². The maximum atomic E-state index is 14.4.